The summed E-state index contributed by atoms with van der Waals surface area (Å²) in [5.41, 5.74) is 15.0. The lowest BCUT2D eigenvalue weighted by Gasteiger charge is -2.29. The standard InChI is InChI=1S/C49H66N10O10S2.H3N/c1-28(61)39(25-60)56-48(68)41-27-71-70-26-40(57-43(63)34(51)21-30-13-5-3-6-14-30)47(67)54-37(22-31-15-7-4-8-16-31)45(65)55-38(23-32-24-52-35-18-10-9-17-33(32)35)46(66)53-36(19-11-12-20-50)44(64)59-42(29(2)62)49(69)58-41;/h3-10,13-18,24,28-29,34,36-42,52,60-62H,11-12,19-23,25-27,50-51H2,1-2H3,(H,53,66)(H,54,67)(H,55,65)(H,56,68)(H,57,63)(H,58,69)(H,59,64);1H3/t28-,29?,34-,36+,37+,38-,39-,40+,41+,42+;/m1./s1. The van der Waals surface area contributed by atoms with Gasteiger partial charge in [0.05, 0.1) is 30.9 Å². The summed E-state index contributed by atoms with van der Waals surface area (Å²) < 4.78 is 0. The van der Waals surface area contributed by atoms with Crippen LogP contribution in [0, 0.1) is 0 Å². The molecule has 5 rings (SSSR count). The number of hydrogen-bond acceptors (Lipinski definition) is 15. The first kappa shape index (κ1) is 58.5. The zero-order valence-electron chi connectivity index (χ0n) is 40.4. The maximum absolute atomic E-state index is 14.7. The van der Waals surface area contributed by atoms with Gasteiger partial charge in [-0.1, -0.05) is 100 Å². The first-order valence-corrected chi connectivity index (χ1v) is 26.0. The number of para-hydroxylation sites is 1. The van der Waals surface area contributed by atoms with Crippen molar-refractivity contribution in [2.24, 2.45) is 11.5 Å². The number of nitrogens with one attached hydrogen (secondary N) is 8. The van der Waals surface area contributed by atoms with E-state index >= 15 is 0 Å². The van der Waals surface area contributed by atoms with E-state index in [-0.39, 0.29) is 49.9 Å². The summed E-state index contributed by atoms with van der Waals surface area (Å²) in [6.07, 6.45) is -0.156. The van der Waals surface area contributed by atoms with Gasteiger partial charge in [0.2, 0.25) is 41.4 Å². The molecule has 23 heteroatoms. The van der Waals surface area contributed by atoms with Crippen molar-refractivity contribution in [3.63, 3.8) is 0 Å². The molecule has 21 nitrogen and oxygen atoms in total. The van der Waals surface area contributed by atoms with E-state index in [1.54, 1.807) is 60.8 Å². The lowest BCUT2D eigenvalue weighted by atomic mass is 10.0. The molecule has 72 heavy (non-hydrogen) atoms. The van der Waals surface area contributed by atoms with Crippen molar-refractivity contribution >= 4 is 73.8 Å². The first-order valence-electron chi connectivity index (χ1n) is 23.5. The number of fused-ring (bicyclic) bond motifs is 1. The number of hydrogen-bond donors (Lipinski definition) is 14. The summed E-state index contributed by atoms with van der Waals surface area (Å²) in [7, 11) is 2.06. The molecule has 4 aromatic rings. The Morgan fingerprint density at radius 3 is 1.94 bits per heavy atom. The Labute approximate surface area is 426 Å². The fourth-order valence-electron chi connectivity index (χ4n) is 7.73. The van der Waals surface area contributed by atoms with Crippen molar-refractivity contribution < 1.29 is 48.9 Å². The van der Waals surface area contributed by atoms with Crippen LogP contribution in [0.15, 0.2) is 91.1 Å². The molecule has 0 aliphatic carbocycles. The molecule has 10 atom stereocenters. The Balaban J connectivity index is 0.0000112. The maximum atomic E-state index is 14.7. The van der Waals surface area contributed by atoms with Crippen LogP contribution in [-0.4, -0.2) is 147 Å². The Kier molecular flexibility index (Phi) is 23.9. The molecule has 392 valence electrons. The normalized spacial score (nSPS) is 22.5. The molecule has 1 saturated heterocycles. The second-order valence-corrected chi connectivity index (χ2v) is 20.0. The summed E-state index contributed by atoms with van der Waals surface area (Å²) >= 11 is 0. The number of aliphatic hydroxyl groups excluding tert-OH is 3. The zero-order chi connectivity index (χ0) is 51.5. The molecular formula is C49H69N11O10S2. The van der Waals surface area contributed by atoms with Crippen molar-refractivity contribution in [2.75, 3.05) is 24.7 Å². The van der Waals surface area contributed by atoms with Gasteiger partial charge < -0.3 is 75.1 Å². The molecule has 1 unspecified atom stereocenters. The lowest BCUT2D eigenvalue weighted by molar-refractivity contribution is -0.136. The fourth-order valence-corrected chi connectivity index (χ4v) is 10.1. The number of rotatable bonds is 17. The number of aromatic amines is 1. The third kappa shape index (κ3) is 17.6. The fraction of sp³-hybridized carbons (Fsp3) is 0.449. The highest BCUT2D eigenvalue weighted by molar-refractivity contribution is 8.76. The van der Waals surface area contributed by atoms with E-state index in [9.17, 15) is 48.9 Å². The molecule has 0 bridgehead atoms. The number of H-pyrrole nitrogens is 1. The van der Waals surface area contributed by atoms with Crippen molar-refractivity contribution in [1.29, 1.82) is 0 Å². The van der Waals surface area contributed by atoms with Crippen molar-refractivity contribution in [1.82, 2.24) is 48.4 Å². The Bertz CT molecular complexity index is 2400. The topological polar surface area (TPSA) is 367 Å². The highest BCUT2D eigenvalue weighted by atomic mass is 33.1. The van der Waals surface area contributed by atoms with Gasteiger partial charge in [0.15, 0.2) is 0 Å². The summed E-state index contributed by atoms with van der Waals surface area (Å²) in [6, 6.07) is 14.6. The minimum Gasteiger partial charge on any atom is -0.394 e. The number of carbonyl (C=O) groups excluding carboxylic acids is 7. The third-order valence-corrected chi connectivity index (χ3v) is 14.3. The minimum atomic E-state index is -1.66. The molecule has 1 fully saturated rings. The predicted octanol–water partition coefficient (Wildman–Crippen LogP) is -0.643. The van der Waals surface area contributed by atoms with Crippen molar-refractivity contribution in [3.05, 3.63) is 108 Å². The van der Waals surface area contributed by atoms with Gasteiger partial charge in [0, 0.05) is 41.4 Å². The third-order valence-electron chi connectivity index (χ3n) is 11.9. The van der Waals surface area contributed by atoms with Crippen LogP contribution in [-0.2, 0) is 52.8 Å². The molecule has 7 amide bonds. The number of unbranched alkanes of at least 4 members (excludes halogenated alkanes) is 1. The van der Waals surface area contributed by atoms with Crippen LogP contribution in [0.25, 0.3) is 10.9 Å². The highest BCUT2D eigenvalue weighted by Crippen LogP contribution is 2.24. The van der Waals surface area contributed by atoms with Gasteiger partial charge in [-0.25, -0.2) is 0 Å². The number of aliphatic hydroxyl groups is 3. The second kappa shape index (κ2) is 29.5. The van der Waals surface area contributed by atoms with Gasteiger partial charge in [-0.15, -0.1) is 0 Å². The van der Waals surface area contributed by atoms with Gasteiger partial charge in [0.25, 0.3) is 0 Å². The highest BCUT2D eigenvalue weighted by Gasteiger charge is 2.36. The van der Waals surface area contributed by atoms with E-state index in [0.29, 0.717) is 24.0 Å². The predicted molar refractivity (Wildman–Crippen MR) is 277 cm³/mol. The first-order chi connectivity index (χ1) is 34.1. The van der Waals surface area contributed by atoms with Crippen LogP contribution >= 0.6 is 21.6 Å². The van der Waals surface area contributed by atoms with E-state index in [0.717, 1.165) is 38.1 Å². The number of benzene rings is 3. The van der Waals surface area contributed by atoms with E-state index in [2.05, 4.69) is 42.2 Å². The van der Waals surface area contributed by atoms with Crippen molar-refractivity contribution in [2.45, 2.75) is 113 Å². The van der Waals surface area contributed by atoms with Gasteiger partial charge in [-0.3, -0.25) is 33.6 Å². The van der Waals surface area contributed by atoms with Crippen LogP contribution in [0.5, 0.6) is 0 Å². The number of carbonyl (C=O) groups is 7. The Morgan fingerprint density at radius 1 is 0.722 bits per heavy atom. The number of aromatic nitrogens is 1. The average molecular weight is 1040 g/mol. The summed E-state index contributed by atoms with van der Waals surface area (Å²) in [6.45, 7) is 2.23. The lowest BCUT2D eigenvalue weighted by Crippen LogP contribution is -2.62. The van der Waals surface area contributed by atoms with Gasteiger partial charge in [0.1, 0.15) is 36.3 Å². The van der Waals surface area contributed by atoms with Crippen LogP contribution in [0.3, 0.4) is 0 Å². The van der Waals surface area contributed by atoms with Gasteiger partial charge >= 0.3 is 0 Å². The molecule has 3 aromatic carbocycles. The second-order valence-electron chi connectivity index (χ2n) is 17.5. The van der Waals surface area contributed by atoms with Crippen LogP contribution in [0.2, 0.25) is 0 Å². The monoisotopic (exact) mass is 1040 g/mol. The zero-order valence-corrected chi connectivity index (χ0v) is 42.0. The van der Waals surface area contributed by atoms with E-state index in [1.165, 1.54) is 13.8 Å². The summed E-state index contributed by atoms with van der Waals surface area (Å²) in [5.74, 6) is -6.01. The Morgan fingerprint density at radius 2 is 1.31 bits per heavy atom. The number of nitrogens with two attached hydrogens (primary N) is 2. The van der Waals surface area contributed by atoms with Crippen LogP contribution in [0.1, 0.15) is 49.8 Å². The van der Waals surface area contributed by atoms with E-state index in [4.69, 9.17) is 11.5 Å². The molecule has 1 aliphatic heterocycles. The minimum absolute atomic E-state index is 0. The average Bonchev–Trinajstić information content (AvgIpc) is 3.76. The van der Waals surface area contributed by atoms with Gasteiger partial charge in [-0.2, -0.15) is 0 Å². The van der Waals surface area contributed by atoms with Gasteiger partial charge in [-0.05, 0) is 68.8 Å². The molecule has 0 radical (unpaired) electrons. The molecular weight excluding hydrogens is 967 g/mol. The Hall–Kier alpha value is -6.05. The molecule has 0 spiro atoms. The molecule has 0 saturated carbocycles. The molecule has 18 N–H and O–H groups in total. The summed E-state index contributed by atoms with van der Waals surface area (Å²) in [5, 5.41) is 50.5. The molecule has 1 aliphatic rings. The molecule has 1 aromatic heterocycles. The van der Waals surface area contributed by atoms with Crippen LogP contribution < -0.4 is 54.8 Å². The maximum Gasteiger partial charge on any atom is 0.245 e. The van der Waals surface area contributed by atoms with E-state index < -0.39 is 108 Å². The largest absolute Gasteiger partial charge is 0.394 e. The quantitative estimate of drug-likeness (QED) is 0.0462. The smallest absolute Gasteiger partial charge is 0.245 e. The number of amides is 7. The van der Waals surface area contributed by atoms with E-state index in [1.807, 2.05) is 30.3 Å². The SMILES string of the molecule is CC(O)[C@@H]1NC(=O)[C@H](CCCCN)NC(=O)[C@@H](Cc2c[nH]c3ccccc23)NC(=O)[C@H](Cc2ccccc2)NC(=O)[C@@H](NC(=O)[C@H](N)Cc2ccccc2)CSSC[C@@H](C(=O)N[C@H](CO)[C@@H](C)O)NC1=O.N. The molecule has 2 heterocycles. The van der Waals surface area contributed by atoms with Crippen molar-refractivity contribution in [3.8, 4) is 0 Å². The van der Waals surface area contributed by atoms with Crippen LogP contribution in [0.4, 0.5) is 0 Å². The summed E-state index contributed by atoms with van der Waals surface area (Å²) in [4.78, 5) is 103.